The molecule has 2 heterocycles. The van der Waals surface area contributed by atoms with Gasteiger partial charge >= 0.3 is 0 Å². The summed E-state index contributed by atoms with van der Waals surface area (Å²) in [5, 5.41) is 2.23. The number of nitrogens with zero attached hydrogens (tertiary/aromatic N) is 3. The first-order valence-electron chi connectivity index (χ1n) is 19.0. The first-order chi connectivity index (χ1) is 27.8. The molecule has 0 aliphatic heterocycles. The number of rotatable bonds is 4. The maximum Gasteiger partial charge on any atom is 0.164 e. The molecule has 0 fully saturated rings. The van der Waals surface area contributed by atoms with Crippen molar-refractivity contribution in [3.05, 3.63) is 210 Å². The van der Waals surface area contributed by atoms with Gasteiger partial charge in [-0.25, -0.2) is 15.0 Å². The Morgan fingerprint density at radius 1 is 0.321 bits per heavy atom. The highest BCUT2D eigenvalue weighted by Crippen LogP contribution is 2.64. The molecule has 260 valence electrons. The van der Waals surface area contributed by atoms with Gasteiger partial charge in [-0.2, -0.15) is 0 Å². The molecule has 4 nitrogen and oxygen atoms in total. The molecule has 0 unspecified atom stereocenters. The van der Waals surface area contributed by atoms with Crippen molar-refractivity contribution >= 4 is 21.9 Å². The van der Waals surface area contributed by atoms with Gasteiger partial charge in [-0.3, -0.25) is 0 Å². The lowest BCUT2D eigenvalue weighted by atomic mass is 9.69. The highest BCUT2D eigenvalue weighted by molar-refractivity contribution is 6.12. The Labute approximate surface area is 323 Å². The van der Waals surface area contributed by atoms with Gasteiger partial charge in [0.1, 0.15) is 11.2 Å². The average Bonchev–Trinajstić information content (AvgIpc) is 3.91. The van der Waals surface area contributed by atoms with Crippen molar-refractivity contribution in [1.29, 1.82) is 0 Å². The number of hydrogen-bond acceptors (Lipinski definition) is 4. The normalized spacial score (nSPS) is 13.1. The van der Waals surface area contributed by atoms with E-state index >= 15 is 0 Å². The standard InChI is InChI=1S/C52H31N3O/c1-2-14-33(15-3-1)49-53-50(34-30-28-32(29-31-34)35-20-13-27-46-47(35)40-19-7-11-26-45(40)56-46)55-51(54-49)41-22-12-21-39-38-18-6-10-25-44(38)52(48(39)41)42-23-8-4-16-36(42)37-17-5-9-24-43(37)52/h1-31H. The molecule has 0 atom stereocenters. The summed E-state index contributed by atoms with van der Waals surface area (Å²) in [6, 6.07) is 66.6. The maximum atomic E-state index is 6.22. The van der Waals surface area contributed by atoms with Gasteiger partial charge in [0, 0.05) is 27.5 Å². The van der Waals surface area contributed by atoms with Crippen molar-refractivity contribution in [3.8, 4) is 67.5 Å². The minimum absolute atomic E-state index is 0.532. The Bertz CT molecular complexity index is 3130. The Balaban J connectivity index is 1.08. The molecule has 0 N–H and O–H groups in total. The monoisotopic (exact) mass is 713 g/mol. The van der Waals surface area contributed by atoms with Crippen LogP contribution in [0.3, 0.4) is 0 Å². The molecule has 0 bridgehead atoms. The van der Waals surface area contributed by atoms with Gasteiger partial charge in [-0.15, -0.1) is 0 Å². The fourth-order valence-electron chi connectivity index (χ4n) is 9.50. The third-order valence-corrected chi connectivity index (χ3v) is 11.8. The van der Waals surface area contributed by atoms with Gasteiger partial charge in [-0.05, 0) is 67.8 Å². The predicted octanol–water partition coefficient (Wildman–Crippen LogP) is 12.8. The molecule has 8 aromatic carbocycles. The lowest BCUT2D eigenvalue weighted by Crippen LogP contribution is -2.26. The van der Waals surface area contributed by atoms with E-state index in [-0.39, 0.29) is 0 Å². The van der Waals surface area contributed by atoms with E-state index in [1.54, 1.807) is 0 Å². The van der Waals surface area contributed by atoms with Crippen LogP contribution in [0.25, 0.3) is 89.5 Å². The Morgan fingerprint density at radius 3 is 1.48 bits per heavy atom. The topological polar surface area (TPSA) is 51.8 Å². The predicted molar refractivity (Wildman–Crippen MR) is 225 cm³/mol. The van der Waals surface area contributed by atoms with E-state index in [0.717, 1.165) is 49.8 Å². The largest absolute Gasteiger partial charge is 0.456 e. The summed E-state index contributed by atoms with van der Waals surface area (Å²) in [4.78, 5) is 15.8. The quantitative estimate of drug-likeness (QED) is 0.182. The molecule has 56 heavy (non-hydrogen) atoms. The summed E-state index contributed by atoms with van der Waals surface area (Å²) < 4.78 is 6.22. The van der Waals surface area contributed by atoms with E-state index < -0.39 is 5.41 Å². The summed E-state index contributed by atoms with van der Waals surface area (Å²) in [6.07, 6.45) is 0. The third-order valence-electron chi connectivity index (χ3n) is 11.8. The van der Waals surface area contributed by atoms with Gasteiger partial charge in [0.25, 0.3) is 0 Å². The molecule has 2 aliphatic rings. The highest BCUT2D eigenvalue weighted by atomic mass is 16.3. The van der Waals surface area contributed by atoms with Gasteiger partial charge in [-0.1, -0.05) is 176 Å². The zero-order chi connectivity index (χ0) is 36.8. The first kappa shape index (κ1) is 31.0. The molecule has 2 aromatic heterocycles. The zero-order valence-corrected chi connectivity index (χ0v) is 30.1. The summed E-state index contributed by atoms with van der Waals surface area (Å²) in [5.41, 5.74) is 16.4. The van der Waals surface area contributed by atoms with Crippen LogP contribution in [0, 0.1) is 0 Å². The van der Waals surface area contributed by atoms with E-state index in [2.05, 4.69) is 152 Å². The SMILES string of the molecule is c1ccc(-c2nc(-c3ccc(-c4cccc5oc6ccccc6c45)cc3)nc(-c3cccc4c3C3(c5ccccc5-c5ccccc53)c3ccccc3-4)n2)cc1. The fourth-order valence-corrected chi connectivity index (χ4v) is 9.50. The molecule has 1 spiro atoms. The lowest BCUT2D eigenvalue weighted by Gasteiger charge is -2.31. The minimum Gasteiger partial charge on any atom is -0.456 e. The minimum atomic E-state index is -0.532. The van der Waals surface area contributed by atoms with Crippen LogP contribution in [-0.2, 0) is 5.41 Å². The van der Waals surface area contributed by atoms with Crippen LogP contribution in [0.1, 0.15) is 22.3 Å². The van der Waals surface area contributed by atoms with Crippen LogP contribution in [0.2, 0.25) is 0 Å². The molecule has 0 radical (unpaired) electrons. The van der Waals surface area contributed by atoms with Crippen molar-refractivity contribution < 1.29 is 4.42 Å². The van der Waals surface area contributed by atoms with Crippen molar-refractivity contribution in [2.45, 2.75) is 5.41 Å². The Morgan fingerprint density at radius 2 is 0.786 bits per heavy atom. The number of hydrogen-bond donors (Lipinski definition) is 0. The molecular formula is C52H31N3O. The van der Waals surface area contributed by atoms with Crippen molar-refractivity contribution in [2.75, 3.05) is 0 Å². The van der Waals surface area contributed by atoms with E-state index in [9.17, 15) is 0 Å². The van der Waals surface area contributed by atoms with E-state index in [1.165, 1.54) is 44.5 Å². The molecule has 12 rings (SSSR count). The molecule has 0 saturated carbocycles. The second-order valence-electron chi connectivity index (χ2n) is 14.6. The van der Waals surface area contributed by atoms with Gasteiger partial charge < -0.3 is 4.42 Å². The number of furan rings is 1. The maximum absolute atomic E-state index is 6.22. The molecule has 10 aromatic rings. The molecule has 4 heteroatoms. The van der Waals surface area contributed by atoms with Crippen LogP contribution < -0.4 is 0 Å². The van der Waals surface area contributed by atoms with E-state index in [0.29, 0.717) is 17.5 Å². The summed E-state index contributed by atoms with van der Waals surface area (Å²) in [5.74, 6) is 1.92. The zero-order valence-electron chi connectivity index (χ0n) is 30.1. The number of aromatic nitrogens is 3. The molecule has 0 amide bonds. The van der Waals surface area contributed by atoms with Gasteiger partial charge in [0.15, 0.2) is 17.5 Å². The van der Waals surface area contributed by atoms with Crippen molar-refractivity contribution in [1.82, 2.24) is 15.0 Å². The number of benzene rings is 8. The Kier molecular flexibility index (Phi) is 6.52. The van der Waals surface area contributed by atoms with Crippen LogP contribution in [0.15, 0.2) is 192 Å². The van der Waals surface area contributed by atoms with Crippen LogP contribution in [0.4, 0.5) is 0 Å². The summed E-state index contributed by atoms with van der Waals surface area (Å²) >= 11 is 0. The third kappa shape index (κ3) is 4.27. The first-order valence-corrected chi connectivity index (χ1v) is 19.0. The summed E-state index contributed by atoms with van der Waals surface area (Å²) in [6.45, 7) is 0. The van der Waals surface area contributed by atoms with Crippen molar-refractivity contribution in [3.63, 3.8) is 0 Å². The summed E-state index contributed by atoms with van der Waals surface area (Å²) in [7, 11) is 0. The highest BCUT2D eigenvalue weighted by Gasteiger charge is 2.52. The average molecular weight is 714 g/mol. The second kappa shape index (κ2) is 11.8. The van der Waals surface area contributed by atoms with Crippen LogP contribution in [-0.4, -0.2) is 15.0 Å². The Hall–Kier alpha value is -7.43. The van der Waals surface area contributed by atoms with Gasteiger partial charge in [0.2, 0.25) is 0 Å². The van der Waals surface area contributed by atoms with E-state index in [1.807, 2.05) is 36.4 Å². The number of para-hydroxylation sites is 1. The molecule has 0 saturated heterocycles. The smallest absolute Gasteiger partial charge is 0.164 e. The van der Waals surface area contributed by atoms with Crippen molar-refractivity contribution in [2.24, 2.45) is 0 Å². The molecular weight excluding hydrogens is 683 g/mol. The van der Waals surface area contributed by atoms with E-state index in [4.69, 9.17) is 19.4 Å². The second-order valence-corrected chi connectivity index (χ2v) is 14.6. The van der Waals surface area contributed by atoms with Crippen LogP contribution >= 0.6 is 0 Å². The van der Waals surface area contributed by atoms with Gasteiger partial charge in [0.05, 0.1) is 5.41 Å². The van der Waals surface area contributed by atoms with Crippen LogP contribution in [0.5, 0.6) is 0 Å². The molecule has 2 aliphatic carbocycles. The number of fused-ring (bicyclic) bond motifs is 13. The lowest BCUT2D eigenvalue weighted by molar-refractivity contribution is 0.669. The fraction of sp³-hybridized carbons (Fsp3) is 0.0192.